The Morgan fingerprint density at radius 1 is 1.26 bits per heavy atom. The van der Waals surface area contributed by atoms with E-state index in [4.69, 9.17) is 10.5 Å². The maximum Gasteiger partial charge on any atom is 0.237 e. The van der Waals surface area contributed by atoms with E-state index in [2.05, 4.69) is 28.2 Å². The number of piperidine rings is 1. The van der Waals surface area contributed by atoms with Crippen molar-refractivity contribution < 1.29 is 9.53 Å². The number of ether oxygens (including phenoxy) is 1. The summed E-state index contributed by atoms with van der Waals surface area (Å²) in [6.07, 6.45) is 6.03. The van der Waals surface area contributed by atoms with Gasteiger partial charge in [0.25, 0.3) is 0 Å². The highest BCUT2D eigenvalue weighted by Gasteiger charge is 2.26. The zero-order valence-corrected chi connectivity index (χ0v) is 17.6. The maximum atomic E-state index is 12.3. The van der Waals surface area contributed by atoms with E-state index in [-0.39, 0.29) is 36.6 Å². The predicted molar refractivity (Wildman–Crippen MR) is 113 cm³/mol. The van der Waals surface area contributed by atoms with Crippen molar-refractivity contribution in [2.24, 2.45) is 17.6 Å². The van der Waals surface area contributed by atoms with E-state index in [0.717, 1.165) is 43.2 Å². The molecule has 3 heterocycles. The van der Waals surface area contributed by atoms with Crippen molar-refractivity contribution in [1.82, 2.24) is 10.3 Å². The summed E-state index contributed by atoms with van der Waals surface area (Å²) in [5, 5.41) is 2.94. The lowest BCUT2D eigenvalue weighted by Gasteiger charge is -2.31. The minimum absolute atomic E-state index is 0. The Morgan fingerprint density at radius 2 is 1.93 bits per heavy atom. The van der Waals surface area contributed by atoms with E-state index < -0.39 is 6.04 Å². The third-order valence-electron chi connectivity index (χ3n) is 5.46. The zero-order valence-electron chi connectivity index (χ0n) is 15.9. The molecule has 0 spiro atoms. The molecule has 6 nitrogen and oxygen atoms in total. The van der Waals surface area contributed by atoms with Gasteiger partial charge in [-0.2, -0.15) is 0 Å². The molecule has 0 saturated carbocycles. The van der Waals surface area contributed by atoms with Gasteiger partial charge < -0.3 is 20.7 Å². The van der Waals surface area contributed by atoms with Crippen LogP contribution in [0.4, 0.5) is 5.82 Å². The van der Waals surface area contributed by atoms with E-state index in [1.54, 1.807) is 0 Å². The average Bonchev–Trinajstić information content (AvgIpc) is 2.67. The molecule has 27 heavy (non-hydrogen) atoms. The highest BCUT2D eigenvalue weighted by Crippen LogP contribution is 2.21. The smallest absolute Gasteiger partial charge is 0.237 e. The molecule has 8 heteroatoms. The fourth-order valence-electron chi connectivity index (χ4n) is 3.54. The van der Waals surface area contributed by atoms with Crippen molar-refractivity contribution in [3.63, 3.8) is 0 Å². The van der Waals surface area contributed by atoms with E-state index in [1.807, 2.05) is 12.3 Å². The van der Waals surface area contributed by atoms with E-state index in [9.17, 15) is 4.79 Å². The number of pyridine rings is 1. The van der Waals surface area contributed by atoms with E-state index in [1.165, 1.54) is 12.8 Å². The minimum Gasteiger partial charge on any atom is -0.381 e. The van der Waals surface area contributed by atoms with Crippen LogP contribution >= 0.6 is 24.8 Å². The number of halogens is 2. The number of nitrogens with two attached hydrogens (primary N) is 1. The van der Waals surface area contributed by atoms with Gasteiger partial charge >= 0.3 is 0 Å². The largest absolute Gasteiger partial charge is 0.381 e. The van der Waals surface area contributed by atoms with Gasteiger partial charge in [-0.05, 0) is 49.1 Å². The third-order valence-corrected chi connectivity index (χ3v) is 5.46. The van der Waals surface area contributed by atoms with Crippen LogP contribution in [0.3, 0.4) is 0 Å². The van der Waals surface area contributed by atoms with Crippen molar-refractivity contribution in [1.29, 1.82) is 0 Å². The molecular formula is C19H32Cl2N4O2. The lowest BCUT2D eigenvalue weighted by Crippen LogP contribution is -2.46. The van der Waals surface area contributed by atoms with Crippen LogP contribution in [0.1, 0.15) is 38.2 Å². The van der Waals surface area contributed by atoms with Crippen LogP contribution in [0.25, 0.3) is 0 Å². The van der Waals surface area contributed by atoms with Crippen molar-refractivity contribution in [2.75, 3.05) is 31.2 Å². The van der Waals surface area contributed by atoms with Crippen LogP contribution in [0.15, 0.2) is 18.3 Å². The first-order valence-corrected chi connectivity index (χ1v) is 9.44. The molecule has 1 amide bonds. The fourth-order valence-corrected chi connectivity index (χ4v) is 3.54. The van der Waals surface area contributed by atoms with Crippen LogP contribution in [0.5, 0.6) is 0 Å². The van der Waals surface area contributed by atoms with Gasteiger partial charge in [0.1, 0.15) is 5.82 Å². The van der Waals surface area contributed by atoms with E-state index >= 15 is 0 Å². The molecule has 1 aromatic rings. The highest BCUT2D eigenvalue weighted by molar-refractivity contribution is 5.85. The Kier molecular flexibility index (Phi) is 10.4. The van der Waals surface area contributed by atoms with Crippen LogP contribution in [0, 0.1) is 11.8 Å². The molecule has 3 rings (SSSR count). The molecular weight excluding hydrogens is 387 g/mol. The predicted octanol–water partition coefficient (Wildman–Crippen LogP) is 2.53. The summed E-state index contributed by atoms with van der Waals surface area (Å²) in [5.41, 5.74) is 7.10. The summed E-state index contributed by atoms with van der Waals surface area (Å²) >= 11 is 0. The first-order valence-electron chi connectivity index (χ1n) is 9.44. The summed E-state index contributed by atoms with van der Waals surface area (Å²) in [5.74, 6) is 1.98. The first kappa shape index (κ1) is 24.0. The number of carbonyl (C=O) groups excluding carboxylic acids is 1. The Hall–Kier alpha value is -1.08. The van der Waals surface area contributed by atoms with Gasteiger partial charge in [-0.15, -0.1) is 24.8 Å². The summed E-state index contributed by atoms with van der Waals surface area (Å²) in [4.78, 5) is 19.2. The van der Waals surface area contributed by atoms with Gasteiger partial charge in [-0.25, -0.2) is 4.98 Å². The first-order chi connectivity index (χ1) is 12.1. The Labute approximate surface area is 174 Å². The second-order valence-electron chi connectivity index (χ2n) is 7.39. The molecule has 1 unspecified atom stereocenters. The van der Waals surface area contributed by atoms with Gasteiger partial charge in [0, 0.05) is 39.0 Å². The van der Waals surface area contributed by atoms with Crippen molar-refractivity contribution in [3.05, 3.63) is 23.9 Å². The minimum atomic E-state index is -0.452. The molecule has 2 fully saturated rings. The quantitative estimate of drug-likeness (QED) is 0.767. The lowest BCUT2D eigenvalue weighted by molar-refractivity contribution is -0.124. The lowest BCUT2D eigenvalue weighted by atomic mass is 9.92. The molecule has 0 radical (unpaired) electrons. The number of aromatic nitrogens is 1. The number of hydrogen-bond acceptors (Lipinski definition) is 5. The fraction of sp³-hybridized carbons (Fsp3) is 0.684. The number of amides is 1. The normalized spacial score (nSPS) is 19.6. The summed E-state index contributed by atoms with van der Waals surface area (Å²) in [6, 6.07) is 3.64. The number of nitrogens with zero attached hydrogens (tertiary/aromatic N) is 2. The van der Waals surface area contributed by atoms with Crippen LogP contribution in [0.2, 0.25) is 0 Å². The molecule has 2 saturated heterocycles. The van der Waals surface area contributed by atoms with Gasteiger partial charge in [0.05, 0.1) is 6.04 Å². The molecule has 3 N–H and O–H groups in total. The van der Waals surface area contributed by atoms with Gasteiger partial charge in [-0.3, -0.25) is 4.79 Å². The van der Waals surface area contributed by atoms with Crippen molar-refractivity contribution in [2.45, 2.75) is 45.2 Å². The second-order valence-corrected chi connectivity index (χ2v) is 7.39. The van der Waals surface area contributed by atoms with Crippen LogP contribution in [-0.2, 0) is 16.1 Å². The molecule has 0 aromatic carbocycles. The maximum absolute atomic E-state index is 12.3. The molecule has 0 aliphatic carbocycles. The number of nitrogens with one attached hydrogen (secondary N) is 1. The van der Waals surface area contributed by atoms with Crippen LogP contribution in [-0.4, -0.2) is 43.2 Å². The van der Waals surface area contributed by atoms with Gasteiger partial charge in [0.2, 0.25) is 5.91 Å². The topological polar surface area (TPSA) is 80.5 Å². The third kappa shape index (κ3) is 6.79. The second kappa shape index (κ2) is 11.7. The summed E-state index contributed by atoms with van der Waals surface area (Å²) in [6.45, 7) is 6.33. The van der Waals surface area contributed by atoms with Gasteiger partial charge in [0.15, 0.2) is 0 Å². The number of hydrogen-bond donors (Lipinski definition) is 2. The molecule has 154 valence electrons. The average molecular weight is 419 g/mol. The Morgan fingerprint density at radius 3 is 2.52 bits per heavy atom. The van der Waals surface area contributed by atoms with Crippen molar-refractivity contribution in [3.8, 4) is 0 Å². The van der Waals surface area contributed by atoms with Gasteiger partial charge in [-0.1, -0.05) is 13.0 Å². The number of rotatable bonds is 5. The summed E-state index contributed by atoms with van der Waals surface area (Å²) in [7, 11) is 0. The van der Waals surface area contributed by atoms with Crippen molar-refractivity contribution >= 4 is 36.5 Å². The SMILES string of the molecule is CC1CCN(c2ccc(CNC(=O)C(N)C3CCOCC3)cn2)CC1.Cl.Cl. The monoisotopic (exact) mass is 418 g/mol. The van der Waals surface area contributed by atoms with Crippen LogP contribution < -0.4 is 16.0 Å². The molecule has 1 atom stereocenters. The Balaban J connectivity index is 0.00000182. The standard InChI is InChI=1S/C19H30N4O2.2ClH/c1-14-4-8-23(9-5-14)17-3-2-15(12-21-17)13-22-19(24)18(20)16-6-10-25-11-7-16;;/h2-3,12,14,16,18H,4-11,13,20H2,1H3,(H,22,24);2*1H. The zero-order chi connectivity index (χ0) is 17.6. The Bertz CT molecular complexity index is 559. The molecule has 2 aliphatic rings. The highest BCUT2D eigenvalue weighted by atomic mass is 35.5. The number of carbonyl (C=O) groups is 1. The summed E-state index contributed by atoms with van der Waals surface area (Å²) < 4.78 is 5.33. The molecule has 2 aliphatic heterocycles. The number of anilines is 1. The molecule has 1 aromatic heterocycles. The molecule has 0 bridgehead atoms. The van der Waals surface area contributed by atoms with E-state index in [0.29, 0.717) is 19.8 Å².